The molecular formula is C47H46N6O6S. The van der Waals surface area contributed by atoms with Crippen LogP contribution in [0.5, 0.6) is 17.2 Å². The van der Waals surface area contributed by atoms with Crippen LogP contribution in [-0.2, 0) is 12.8 Å². The molecule has 2 aromatic heterocycles. The number of ether oxygens (including phenoxy) is 2. The normalized spacial score (nSPS) is 11.1. The first-order chi connectivity index (χ1) is 29.1. The van der Waals surface area contributed by atoms with Crippen molar-refractivity contribution in [1.82, 2.24) is 20.2 Å². The van der Waals surface area contributed by atoms with Gasteiger partial charge in [0, 0.05) is 57.2 Å². The maximum Gasteiger partial charge on any atom is 0.253 e. The van der Waals surface area contributed by atoms with E-state index in [9.17, 15) is 19.5 Å². The highest BCUT2D eigenvalue weighted by Gasteiger charge is 2.18. The lowest BCUT2D eigenvalue weighted by molar-refractivity contribution is 0.0773. The fraction of sp³-hybridized carbons (Fsp3) is 0.191. The van der Waals surface area contributed by atoms with Crippen molar-refractivity contribution in [3.05, 3.63) is 154 Å². The van der Waals surface area contributed by atoms with E-state index in [-0.39, 0.29) is 22.8 Å². The highest BCUT2D eigenvalue weighted by Crippen LogP contribution is 2.37. The van der Waals surface area contributed by atoms with Crippen molar-refractivity contribution in [1.29, 1.82) is 0 Å². The number of aromatic nitrogens is 2. The molecule has 0 saturated heterocycles. The quantitative estimate of drug-likeness (QED) is 0.0576. The van der Waals surface area contributed by atoms with E-state index >= 15 is 0 Å². The number of aryl methyl sites for hydroxylation is 1. The van der Waals surface area contributed by atoms with Crippen molar-refractivity contribution in [3.8, 4) is 17.2 Å². The number of rotatable bonds is 17. The Morgan fingerprint density at radius 3 is 2.48 bits per heavy atom. The molecule has 0 saturated carbocycles. The Kier molecular flexibility index (Phi) is 13.0. The van der Waals surface area contributed by atoms with Gasteiger partial charge >= 0.3 is 0 Å². The number of pyridine rings is 2. The highest BCUT2D eigenvalue weighted by molar-refractivity contribution is 7.99. The lowest BCUT2D eigenvalue weighted by atomic mass is 10.0. The average Bonchev–Trinajstić information content (AvgIpc) is 3.25. The predicted octanol–water partition coefficient (Wildman–Crippen LogP) is 7.62. The first kappa shape index (κ1) is 41.3. The topological polar surface area (TPSA) is 172 Å². The molecule has 0 bridgehead atoms. The summed E-state index contributed by atoms with van der Waals surface area (Å²) in [5.74, 6) is 0.750. The molecule has 306 valence electrons. The number of aromatic amines is 1. The van der Waals surface area contributed by atoms with Gasteiger partial charge in [-0.1, -0.05) is 42.1 Å². The molecule has 2 heterocycles. The molecule has 0 fully saturated rings. The number of primary amides is 1. The first-order valence-electron chi connectivity index (χ1n) is 19.5. The average molecular weight is 823 g/mol. The minimum atomic E-state index is -0.597. The van der Waals surface area contributed by atoms with E-state index in [2.05, 4.69) is 20.6 Å². The summed E-state index contributed by atoms with van der Waals surface area (Å²) in [6, 6.07) is 33.6. The Morgan fingerprint density at radius 2 is 1.68 bits per heavy atom. The largest absolute Gasteiger partial charge is 0.506 e. The molecule has 0 radical (unpaired) electrons. The maximum absolute atomic E-state index is 13.5. The second-order valence-electron chi connectivity index (χ2n) is 14.4. The minimum absolute atomic E-state index is 0.0654. The molecule has 6 N–H and O–H groups in total. The lowest BCUT2D eigenvalue weighted by Gasteiger charge is -2.18. The molecule has 7 aromatic rings. The fourth-order valence-corrected chi connectivity index (χ4v) is 7.99. The number of nitrogens with one attached hydrogen (secondary N) is 3. The molecule has 0 atom stereocenters. The summed E-state index contributed by atoms with van der Waals surface area (Å²) < 4.78 is 11.4. The van der Waals surface area contributed by atoms with Crippen LogP contribution in [0.2, 0.25) is 0 Å². The van der Waals surface area contributed by atoms with E-state index in [1.807, 2.05) is 91.9 Å². The number of nitrogens with zero attached hydrogens (tertiary/aromatic N) is 2. The van der Waals surface area contributed by atoms with Gasteiger partial charge in [0.2, 0.25) is 5.56 Å². The lowest BCUT2D eigenvalue weighted by Crippen LogP contribution is -2.30. The number of hydrogen-bond donors (Lipinski definition) is 5. The number of likely N-dealkylation sites (N-methyl/N-ethyl adjacent to an activating group) is 1. The van der Waals surface area contributed by atoms with Gasteiger partial charge < -0.3 is 40.8 Å². The van der Waals surface area contributed by atoms with Crippen molar-refractivity contribution in [3.63, 3.8) is 0 Å². The predicted molar refractivity (Wildman–Crippen MR) is 237 cm³/mol. The van der Waals surface area contributed by atoms with Gasteiger partial charge in [0.05, 0.1) is 35.9 Å². The third-order valence-electron chi connectivity index (χ3n) is 10.1. The molecule has 7 rings (SSSR count). The van der Waals surface area contributed by atoms with Gasteiger partial charge in [0.25, 0.3) is 11.8 Å². The van der Waals surface area contributed by atoms with Crippen LogP contribution in [0.15, 0.2) is 130 Å². The van der Waals surface area contributed by atoms with Gasteiger partial charge in [-0.15, -0.1) is 0 Å². The van der Waals surface area contributed by atoms with Gasteiger partial charge in [-0.05, 0) is 116 Å². The number of fused-ring (bicyclic) bond motifs is 2. The first-order valence-corrected chi connectivity index (χ1v) is 20.3. The number of phenols is 1. The van der Waals surface area contributed by atoms with Crippen molar-refractivity contribution in [2.45, 2.75) is 29.6 Å². The standard InChI is InChI=1S/C47H46N6O6S/c1-29-24-37(27-39-43(29)50-28-40(46(48)56)44(39)51-33-7-5-8-35(26-33)58-3)60-36-9-4-6-32(25-36)47(57)53(2)22-23-59-34-13-10-30(11-14-34)18-20-49-21-19-31-12-16-41(54)45-38(31)15-17-42(55)52-45/h4-17,24-28,49,54H,18-23H2,1-3H3,(H2,48,56)(H,50,51)(H,52,55). The van der Waals surface area contributed by atoms with Gasteiger partial charge in [0.1, 0.15) is 23.9 Å². The summed E-state index contributed by atoms with van der Waals surface area (Å²) >= 11 is 1.51. The van der Waals surface area contributed by atoms with E-state index in [1.165, 1.54) is 29.6 Å². The Morgan fingerprint density at radius 1 is 0.883 bits per heavy atom. The molecule has 5 aromatic carbocycles. The molecule has 13 heteroatoms. The van der Waals surface area contributed by atoms with Gasteiger partial charge in [-0.2, -0.15) is 0 Å². The third kappa shape index (κ3) is 9.88. The zero-order valence-electron chi connectivity index (χ0n) is 33.6. The number of amides is 2. The van der Waals surface area contributed by atoms with Crippen LogP contribution in [0.3, 0.4) is 0 Å². The minimum Gasteiger partial charge on any atom is -0.506 e. The Labute approximate surface area is 351 Å². The monoisotopic (exact) mass is 822 g/mol. The van der Waals surface area contributed by atoms with Crippen LogP contribution in [0.25, 0.3) is 21.8 Å². The van der Waals surface area contributed by atoms with Crippen molar-refractivity contribution >= 4 is 56.8 Å². The fourth-order valence-electron chi connectivity index (χ4n) is 6.97. The summed E-state index contributed by atoms with van der Waals surface area (Å²) in [6.45, 7) is 4.25. The number of aromatic hydroxyl groups is 1. The number of H-pyrrole nitrogens is 1. The molecule has 0 unspecified atom stereocenters. The van der Waals surface area contributed by atoms with Crippen LogP contribution in [0.1, 0.15) is 37.4 Å². The number of carbonyl (C=O) groups is 2. The van der Waals surface area contributed by atoms with E-state index in [0.29, 0.717) is 35.7 Å². The highest BCUT2D eigenvalue weighted by atomic mass is 32.2. The van der Waals surface area contributed by atoms with Crippen LogP contribution in [-0.4, -0.2) is 72.2 Å². The zero-order chi connectivity index (χ0) is 42.2. The molecule has 2 amide bonds. The summed E-state index contributed by atoms with van der Waals surface area (Å²) in [5, 5.41) is 18.5. The summed E-state index contributed by atoms with van der Waals surface area (Å²) in [5.41, 5.74) is 12.0. The number of benzene rings is 5. The van der Waals surface area contributed by atoms with E-state index in [4.69, 9.17) is 15.2 Å². The van der Waals surface area contributed by atoms with Gasteiger partial charge in [-0.3, -0.25) is 19.4 Å². The number of hydrogen-bond acceptors (Lipinski definition) is 10. The van der Waals surface area contributed by atoms with Gasteiger partial charge in [0.15, 0.2) is 0 Å². The van der Waals surface area contributed by atoms with Gasteiger partial charge in [-0.25, -0.2) is 0 Å². The molecular weight excluding hydrogens is 777 g/mol. The maximum atomic E-state index is 13.5. The molecule has 60 heavy (non-hydrogen) atoms. The molecule has 0 aliphatic heterocycles. The molecule has 0 aliphatic carbocycles. The Bertz CT molecular complexity index is 2740. The molecule has 12 nitrogen and oxygen atoms in total. The number of anilines is 2. The second-order valence-corrected chi connectivity index (χ2v) is 15.5. The molecule has 0 aliphatic rings. The van der Waals surface area contributed by atoms with Crippen LogP contribution >= 0.6 is 11.8 Å². The van der Waals surface area contributed by atoms with Crippen molar-refractivity contribution in [2.75, 3.05) is 45.7 Å². The van der Waals surface area contributed by atoms with Crippen LogP contribution in [0, 0.1) is 6.92 Å². The van der Waals surface area contributed by atoms with E-state index in [0.717, 1.165) is 74.6 Å². The van der Waals surface area contributed by atoms with E-state index < -0.39 is 5.91 Å². The number of carbonyl (C=O) groups excluding carboxylic acids is 2. The summed E-state index contributed by atoms with van der Waals surface area (Å²) in [6.07, 6.45) is 3.10. The van der Waals surface area contributed by atoms with Crippen LogP contribution in [0.4, 0.5) is 11.4 Å². The number of nitrogens with two attached hydrogens (primary N) is 1. The SMILES string of the molecule is COc1cccc(Nc2c(C(N)=O)cnc3c(C)cc(Sc4cccc(C(=O)N(C)CCOc5ccc(CCNCCc6ccc(O)c7[nH]c(=O)ccc67)cc5)c4)cc23)c1. The molecule has 0 spiro atoms. The smallest absolute Gasteiger partial charge is 0.253 e. The Balaban J connectivity index is 0.912. The van der Waals surface area contributed by atoms with Crippen LogP contribution < -0.4 is 31.4 Å². The number of phenolic OH excluding ortho intramolecular Hbond substituents is 1. The third-order valence-corrected chi connectivity index (χ3v) is 11.1. The summed E-state index contributed by atoms with van der Waals surface area (Å²) in [7, 11) is 3.36. The van der Waals surface area contributed by atoms with E-state index in [1.54, 1.807) is 37.3 Å². The second kappa shape index (κ2) is 18.8. The summed E-state index contributed by atoms with van der Waals surface area (Å²) in [4.78, 5) is 48.4. The van der Waals surface area contributed by atoms with Crippen molar-refractivity contribution < 1.29 is 24.2 Å². The van der Waals surface area contributed by atoms with Crippen molar-refractivity contribution in [2.24, 2.45) is 5.73 Å². The Hall–Kier alpha value is -6.83. The number of methoxy groups -OCH3 is 1. The zero-order valence-corrected chi connectivity index (χ0v) is 34.4.